The molecule has 0 amide bonds. The highest BCUT2D eigenvalue weighted by atomic mass is 16.6. The summed E-state index contributed by atoms with van der Waals surface area (Å²) in [6, 6.07) is 7.37. The van der Waals surface area contributed by atoms with Crippen molar-refractivity contribution in [1.82, 2.24) is 0 Å². The third kappa shape index (κ3) is 3.47. The van der Waals surface area contributed by atoms with Gasteiger partial charge in [-0.05, 0) is 33.8 Å². The lowest BCUT2D eigenvalue weighted by Gasteiger charge is -2.31. The Hall–Kier alpha value is -1.55. The molecular weight excluding hydrogens is 242 g/mol. The summed E-state index contributed by atoms with van der Waals surface area (Å²) in [7, 11) is 1.57. The van der Waals surface area contributed by atoms with Gasteiger partial charge in [0.15, 0.2) is 0 Å². The number of nitrogens with two attached hydrogens (primary N) is 1. The molecule has 1 atom stereocenters. The fraction of sp³-hybridized carbons (Fsp3) is 0.533. The summed E-state index contributed by atoms with van der Waals surface area (Å²) in [6.45, 7) is 7.44. The van der Waals surface area contributed by atoms with Crippen LogP contribution in [0.2, 0.25) is 0 Å². The molecule has 0 bridgehead atoms. The summed E-state index contributed by atoms with van der Waals surface area (Å²) in [6.07, 6.45) is 0. The second-order valence-corrected chi connectivity index (χ2v) is 5.74. The van der Waals surface area contributed by atoms with Crippen molar-refractivity contribution in [2.24, 2.45) is 5.73 Å². The molecule has 2 N–H and O–H groups in total. The first-order valence-electron chi connectivity index (χ1n) is 6.31. The fourth-order valence-electron chi connectivity index (χ4n) is 1.79. The molecule has 0 radical (unpaired) electrons. The lowest BCUT2D eigenvalue weighted by Crippen LogP contribution is -2.44. The molecule has 0 aromatic heterocycles. The van der Waals surface area contributed by atoms with Gasteiger partial charge in [0.1, 0.15) is 16.8 Å². The number of carbonyl (C=O) groups excluding carboxylic acids is 1. The van der Waals surface area contributed by atoms with Gasteiger partial charge < -0.3 is 15.2 Å². The van der Waals surface area contributed by atoms with Crippen molar-refractivity contribution in [3.8, 4) is 5.75 Å². The van der Waals surface area contributed by atoms with E-state index in [9.17, 15) is 4.79 Å². The Bertz CT molecular complexity index is 451. The summed E-state index contributed by atoms with van der Waals surface area (Å²) < 4.78 is 10.8. The number of ether oxygens (including phenoxy) is 2. The SMILES string of the molecule is COc1ccccc1C(C)(CN)C(=O)OC(C)(C)C. The van der Waals surface area contributed by atoms with Crippen molar-refractivity contribution in [3.05, 3.63) is 29.8 Å². The lowest BCUT2D eigenvalue weighted by atomic mass is 9.81. The minimum atomic E-state index is -0.917. The largest absolute Gasteiger partial charge is 0.496 e. The number of para-hydroxylation sites is 1. The third-order valence-electron chi connectivity index (χ3n) is 2.96. The number of methoxy groups -OCH3 is 1. The Labute approximate surface area is 114 Å². The maximum absolute atomic E-state index is 12.4. The van der Waals surface area contributed by atoms with Crippen molar-refractivity contribution >= 4 is 5.97 Å². The molecule has 0 aliphatic heterocycles. The number of benzene rings is 1. The summed E-state index contributed by atoms with van der Waals surface area (Å²) >= 11 is 0. The summed E-state index contributed by atoms with van der Waals surface area (Å²) in [5.74, 6) is 0.299. The molecule has 0 saturated carbocycles. The topological polar surface area (TPSA) is 61.5 Å². The van der Waals surface area contributed by atoms with Gasteiger partial charge in [-0.2, -0.15) is 0 Å². The summed E-state index contributed by atoms with van der Waals surface area (Å²) in [5.41, 5.74) is 5.11. The average Bonchev–Trinajstić information content (AvgIpc) is 2.35. The van der Waals surface area contributed by atoms with Crippen LogP contribution in [-0.4, -0.2) is 25.2 Å². The molecule has 19 heavy (non-hydrogen) atoms. The van der Waals surface area contributed by atoms with Crippen LogP contribution in [0.5, 0.6) is 5.75 Å². The minimum absolute atomic E-state index is 0.155. The van der Waals surface area contributed by atoms with Crippen LogP contribution in [0.3, 0.4) is 0 Å². The van der Waals surface area contributed by atoms with E-state index in [0.29, 0.717) is 5.75 Å². The van der Waals surface area contributed by atoms with E-state index in [4.69, 9.17) is 15.2 Å². The molecule has 0 aliphatic carbocycles. The second-order valence-electron chi connectivity index (χ2n) is 5.74. The first kappa shape index (κ1) is 15.5. The molecule has 1 aromatic rings. The molecule has 0 fully saturated rings. The lowest BCUT2D eigenvalue weighted by molar-refractivity contribution is -0.161. The standard InChI is InChI=1S/C15H23NO3/c1-14(2,3)19-13(17)15(4,10-16)11-8-6-7-9-12(11)18-5/h6-9H,10,16H2,1-5H3. The number of esters is 1. The first-order valence-corrected chi connectivity index (χ1v) is 6.31. The van der Waals surface area contributed by atoms with Gasteiger partial charge in [0.25, 0.3) is 0 Å². The maximum atomic E-state index is 12.4. The van der Waals surface area contributed by atoms with E-state index >= 15 is 0 Å². The Morgan fingerprint density at radius 3 is 2.26 bits per heavy atom. The van der Waals surface area contributed by atoms with E-state index in [1.807, 2.05) is 45.0 Å². The van der Waals surface area contributed by atoms with Gasteiger partial charge in [0, 0.05) is 12.1 Å². The van der Waals surface area contributed by atoms with E-state index < -0.39 is 11.0 Å². The fourth-order valence-corrected chi connectivity index (χ4v) is 1.79. The third-order valence-corrected chi connectivity index (χ3v) is 2.96. The molecule has 4 heteroatoms. The number of hydrogen-bond donors (Lipinski definition) is 1. The van der Waals surface area contributed by atoms with Crippen LogP contribution in [0.4, 0.5) is 0 Å². The van der Waals surface area contributed by atoms with Crippen molar-refractivity contribution in [2.45, 2.75) is 38.7 Å². The zero-order valence-corrected chi connectivity index (χ0v) is 12.3. The van der Waals surface area contributed by atoms with E-state index in [2.05, 4.69) is 0 Å². The summed E-state index contributed by atoms with van der Waals surface area (Å²) in [4.78, 5) is 12.4. The number of carbonyl (C=O) groups is 1. The highest BCUT2D eigenvalue weighted by molar-refractivity contribution is 5.84. The highest BCUT2D eigenvalue weighted by Crippen LogP contribution is 2.33. The van der Waals surface area contributed by atoms with Gasteiger partial charge in [-0.25, -0.2) is 0 Å². The quantitative estimate of drug-likeness (QED) is 0.848. The molecule has 1 unspecified atom stereocenters. The smallest absolute Gasteiger partial charge is 0.318 e. The monoisotopic (exact) mass is 265 g/mol. The zero-order valence-electron chi connectivity index (χ0n) is 12.3. The average molecular weight is 265 g/mol. The van der Waals surface area contributed by atoms with Gasteiger partial charge in [-0.1, -0.05) is 18.2 Å². The predicted octanol–water partition coefficient (Wildman–Crippen LogP) is 2.25. The van der Waals surface area contributed by atoms with Gasteiger partial charge in [-0.15, -0.1) is 0 Å². The van der Waals surface area contributed by atoms with Crippen molar-refractivity contribution < 1.29 is 14.3 Å². The number of rotatable bonds is 4. The normalized spacial score (nSPS) is 14.6. The molecule has 0 heterocycles. The van der Waals surface area contributed by atoms with E-state index in [1.165, 1.54) is 0 Å². The first-order chi connectivity index (χ1) is 8.74. The molecule has 0 saturated heterocycles. The van der Waals surface area contributed by atoms with Crippen LogP contribution in [0.15, 0.2) is 24.3 Å². The molecule has 0 spiro atoms. The number of hydrogen-bond acceptors (Lipinski definition) is 4. The zero-order chi connectivity index (χ0) is 14.7. The molecular formula is C15H23NO3. The molecule has 1 rings (SSSR count). The van der Waals surface area contributed by atoms with Crippen LogP contribution in [0, 0.1) is 0 Å². The van der Waals surface area contributed by atoms with Crippen LogP contribution >= 0.6 is 0 Å². The van der Waals surface area contributed by atoms with Crippen LogP contribution < -0.4 is 10.5 Å². The van der Waals surface area contributed by atoms with E-state index in [-0.39, 0.29) is 12.5 Å². The predicted molar refractivity (Wildman–Crippen MR) is 75.2 cm³/mol. The Morgan fingerprint density at radius 1 is 1.21 bits per heavy atom. The van der Waals surface area contributed by atoms with E-state index in [1.54, 1.807) is 14.0 Å². The Morgan fingerprint density at radius 2 is 1.79 bits per heavy atom. The van der Waals surface area contributed by atoms with Gasteiger partial charge in [-0.3, -0.25) is 4.79 Å². The van der Waals surface area contributed by atoms with Crippen LogP contribution in [-0.2, 0) is 14.9 Å². The highest BCUT2D eigenvalue weighted by Gasteiger charge is 2.39. The Balaban J connectivity index is 3.19. The minimum Gasteiger partial charge on any atom is -0.496 e. The molecule has 106 valence electrons. The second kappa shape index (κ2) is 5.61. The van der Waals surface area contributed by atoms with Crippen LogP contribution in [0.25, 0.3) is 0 Å². The van der Waals surface area contributed by atoms with Crippen molar-refractivity contribution in [3.63, 3.8) is 0 Å². The van der Waals surface area contributed by atoms with E-state index in [0.717, 1.165) is 5.56 Å². The van der Waals surface area contributed by atoms with Gasteiger partial charge in [0.2, 0.25) is 0 Å². The van der Waals surface area contributed by atoms with Gasteiger partial charge in [0.05, 0.1) is 7.11 Å². The van der Waals surface area contributed by atoms with Gasteiger partial charge >= 0.3 is 5.97 Å². The molecule has 4 nitrogen and oxygen atoms in total. The Kier molecular flexibility index (Phi) is 4.58. The van der Waals surface area contributed by atoms with Crippen LogP contribution in [0.1, 0.15) is 33.3 Å². The summed E-state index contributed by atoms with van der Waals surface area (Å²) in [5, 5.41) is 0. The van der Waals surface area contributed by atoms with Crippen molar-refractivity contribution in [1.29, 1.82) is 0 Å². The molecule has 0 aliphatic rings. The molecule has 1 aromatic carbocycles. The van der Waals surface area contributed by atoms with Crippen molar-refractivity contribution in [2.75, 3.05) is 13.7 Å². The maximum Gasteiger partial charge on any atom is 0.318 e.